The summed E-state index contributed by atoms with van der Waals surface area (Å²) in [5, 5.41) is 5.68. The summed E-state index contributed by atoms with van der Waals surface area (Å²) >= 11 is 0. The molecule has 0 saturated carbocycles. The third-order valence-corrected chi connectivity index (χ3v) is 8.39. The van der Waals surface area contributed by atoms with Crippen molar-refractivity contribution in [3.05, 3.63) is 59.2 Å². The smallest absolute Gasteiger partial charge is 0.243 e. The molecule has 1 saturated heterocycles. The number of nitrogens with zero attached hydrogens (tertiary/aromatic N) is 1. The number of hydrogen-bond acceptors (Lipinski definition) is 4. The summed E-state index contributed by atoms with van der Waals surface area (Å²) in [4.78, 5) is 24.3. The van der Waals surface area contributed by atoms with Crippen LogP contribution in [0.1, 0.15) is 49.3 Å². The lowest BCUT2D eigenvalue weighted by atomic mass is 9.92. The summed E-state index contributed by atoms with van der Waals surface area (Å²) in [6.07, 6.45) is 5.23. The third-order valence-electron chi connectivity index (χ3n) is 6.50. The first-order valence-corrected chi connectivity index (χ1v) is 13.0. The maximum atomic E-state index is 13.2. The van der Waals surface area contributed by atoms with Crippen molar-refractivity contribution in [2.24, 2.45) is 5.92 Å². The Balaban J connectivity index is 1.32. The van der Waals surface area contributed by atoms with E-state index in [2.05, 4.69) is 10.6 Å². The van der Waals surface area contributed by atoms with E-state index in [0.717, 1.165) is 36.8 Å². The Morgan fingerprint density at radius 1 is 1.00 bits per heavy atom. The number of carbonyl (C=O) groups is 2. The molecular formula is C25H31N3O4S. The van der Waals surface area contributed by atoms with Crippen molar-refractivity contribution in [3.8, 4) is 0 Å². The van der Waals surface area contributed by atoms with Crippen LogP contribution in [0.4, 0.5) is 5.69 Å². The van der Waals surface area contributed by atoms with Crippen LogP contribution in [0.2, 0.25) is 0 Å². The molecule has 0 bridgehead atoms. The van der Waals surface area contributed by atoms with E-state index in [-0.39, 0.29) is 17.7 Å². The van der Waals surface area contributed by atoms with Crippen molar-refractivity contribution in [1.29, 1.82) is 0 Å². The van der Waals surface area contributed by atoms with E-state index in [0.29, 0.717) is 43.1 Å². The Kier molecular flexibility index (Phi) is 7.14. The van der Waals surface area contributed by atoms with Crippen molar-refractivity contribution in [1.82, 2.24) is 9.62 Å². The molecule has 4 rings (SSSR count). The van der Waals surface area contributed by atoms with Gasteiger partial charge < -0.3 is 10.6 Å². The summed E-state index contributed by atoms with van der Waals surface area (Å²) in [5.74, 6) is -0.419. The monoisotopic (exact) mass is 469 g/mol. The molecule has 2 N–H and O–H groups in total. The molecular weight excluding hydrogens is 438 g/mol. The minimum Gasteiger partial charge on any atom is -0.352 e. The Morgan fingerprint density at radius 3 is 2.45 bits per heavy atom. The van der Waals surface area contributed by atoms with E-state index in [1.807, 2.05) is 30.3 Å². The molecule has 176 valence electrons. The van der Waals surface area contributed by atoms with Crippen LogP contribution >= 0.6 is 0 Å². The average Bonchev–Trinajstić information content (AvgIpc) is 2.82. The Labute approximate surface area is 195 Å². The zero-order valence-corrected chi connectivity index (χ0v) is 19.8. The minimum atomic E-state index is -3.55. The van der Waals surface area contributed by atoms with Gasteiger partial charge in [0.1, 0.15) is 0 Å². The number of nitrogens with one attached hydrogen (secondary N) is 2. The van der Waals surface area contributed by atoms with Gasteiger partial charge in [0.15, 0.2) is 0 Å². The van der Waals surface area contributed by atoms with Crippen LogP contribution in [0, 0.1) is 5.92 Å². The second kappa shape index (κ2) is 10.1. The van der Waals surface area contributed by atoms with Gasteiger partial charge in [0, 0.05) is 38.2 Å². The van der Waals surface area contributed by atoms with E-state index >= 15 is 0 Å². The maximum absolute atomic E-state index is 13.2. The first-order valence-electron chi connectivity index (χ1n) is 11.6. The van der Waals surface area contributed by atoms with Crippen LogP contribution in [0.25, 0.3) is 0 Å². The van der Waals surface area contributed by atoms with Gasteiger partial charge in [0.05, 0.1) is 4.90 Å². The van der Waals surface area contributed by atoms with E-state index in [1.165, 1.54) is 16.8 Å². The highest BCUT2D eigenvalue weighted by molar-refractivity contribution is 7.89. The van der Waals surface area contributed by atoms with Gasteiger partial charge in [-0.2, -0.15) is 4.31 Å². The van der Waals surface area contributed by atoms with Gasteiger partial charge in [-0.25, -0.2) is 8.42 Å². The number of sulfonamides is 1. The van der Waals surface area contributed by atoms with Crippen molar-refractivity contribution < 1.29 is 18.0 Å². The number of fused-ring (bicyclic) bond motifs is 1. The predicted molar refractivity (Wildman–Crippen MR) is 127 cm³/mol. The quantitative estimate of drug-likeness (QED) is 0.679. The number of anilines is 1. The molecule has 2 amide bonds. The van der Waals surface area contributed by atoms with Crippen molar-refractivity contribution in [3.63, 3.8) is 0 Å². The number of carbonyl (C=O) groups excluding carboxylic acids is 2. The molecule has 1 heterocycles. The SMILES string of the molecule is CC(=O)Nc1cccc(CNC(=O)C2CCN(S(=O)(=O)c3ccc4c(c3)CCCC4)CC2)c1. The molecule has 0 unspecified atom stereocenters. The normalized spacial score (nSPS) is 17.2. The summed E-state index contributed by atoms with van der Waals surface area (Å²) in [6.45, 7) is 2.50. The Bertz CT molecular complexity index is 1140. The zero-order chi connectivity index (χ0) is 23.4. The van der Waals surface area contributed by atoms with E-state index in [9.17, 15) is 18.0 Å². The van der Waals surface area contributed by atoms with Crippen LogP contribution in [-0.4, -0.2) is 37.6 Å². The number of benzene rings is 2. The molecule has 0 spiro atoms. The van der Waals surface area contributed by atoms with Crippen LogP contribution < -0.4 is 10.6 Å². The lowest BCUT2D eigenvalue weighted by molar-refractivity contribution is -0.126. The second-order valence-electron chi connectivity index (χ2n) is 8.92. The zero-order valence-electron chi connectivity index (χ0n) is 19.0. The highest BCUT2D eigenvalue weighted by Gasteiger charge is 2.32. The molecule has 2 aromatic carbocycles. The average molecular weight is 470 g/mol. The first-order chi connectivity index (χ1) is 15.8. The minimum absolute atomic E-state index is 0.0641. The van der Waals surface area contributed by atoms with Gasteiger partial charge in [0.25, 0.3) is 0 Å². The van der Waals surface area contributed by atoms with Crippen molar-refractivity contribution in [2.75, 3.05) is 18.4 Å². The Hall–Kier alpha value is -2.71. The number of amides is 2. The summed E-state index contributed by atoms with van der Waals surface area (Å²) < 4.78 is 27.8. The molecule has 2 aliphatic rings. The van der Waals surface area contributed by atoms with E-state index in [1.54, 1.807) is 12.1 Å². The molecule has 7 nitrogen and oxygen atoms in total. The number of aryl methyl sites for hydroxylation is 2. The van der Waals surface area contributed by atoms with Crippen LogP contribution in [0.5, 0.6) is 0 Å². The molecule has 33 heavy (non-hydrogen) atoms. The lowest BCUT2D eigenvalue weighted by Gasteiger charge is -2.31. The van der Waals surface area contributed by atoms with Gasteiger partial charge in [-0.3, -0.25) is 9.59 Å². The summed E-state index contributed by atoms with van der Waals surface area (Å²) in [6, 6.07) is 12.9. The van der Waals surface area contributed by atoms with Crippen molar-refractivity contribution in [2.45, 2.75) is 56.9 Å². The number of rotatable bonds is 6. The summed E-state index contributed by atoms with van der Waals surface area (Å²) in [7, 11) is -3.55. The van der Waals surface area contributed by atoms with E-state index in [4.69, 9.17) is 0 Å². The highest BCUT2D eigenvalue weighted by atomic mass is 32.2. The van der Waals surface area contributed by atoms with Crippen LogP contribution in [0.15, 0.2) is 47.4 Å². The lowest BCUT2D eigenvalue weighted by Crippen LogP contribution is -2.42. The van der Waals surface area contributed by atoms with Gasteiger partial charge in [-0.1, -0.05) is 18.2 Å². The number of piperidine rings is 1. The van der Waals surface area contributed by atoms with E-state index < -0.39 is 10.0 Å². The second-order valence-corrected chi connectivity index (χ2v) is 10.9. The molecule has 0 aromatic heterocycles. The molecule has 0 atom stereocenters. The fourth-order valence-corrected chi connectivity index (χ4v) is 6.19. The van der Waals surface area contributed by atoms with Gasteiger partial charge in [-0.05, 0) is 79.5 Å². The number of hydrogen-bond donors (Lipinski definition) is 2. The Morgan fingerprint density at radius 2 is 1.73 bits per heavy atom. The fourth-order valence-electron chi connectivity index (χ4n) is 4.67. The standard InChI is InChI=1S/C25H31N3O4S/c1-18(29)27-23-8-4-5-19(15-23)17-26-25(30)21-11-13-28(14-12-21)33(31,32)24-10-9-20-6-2-3-7-22(20)16-24/h4-5,8-10,15-16,21H,2-3,6-7,11-14,17H2,1H3,(H,26,30)(H,27,29). The van der Waals surface area contributed by atoms with Crippen molar-refractivity contribution >= 4 is 27.5 Å². The van der Waals surface area contributed by atoms with Gasteiger partial charge in [0.2, 0.25) is 21.8 Å². The molecule has 1 aliphatic heterocycles. The third kappa shape index (κ3) is 5.62. The van der Waals surface area contributed by atoms with Crippen LogP contribution in [-0.2, 0) is 39.0 Å². The first kappa shape index (κ1) is 23.4. The molecule has 2 aromatic rings. The highest BCUT2D eigenvalue weighted by Crippen LogP contribution is 2.28. The molecule has 1 aliphatic carbocycles. The topological polar surface area (TPSA) is 95.6 Å². The largest absolute Gasteiger partial charge is 0.352 e. The summed E-state index contributed by atoms with van der Waals surface area (Å²) in [5.41, 5.74) is 3.99. The molecule has 0 radical (unpaired) electrons. The molecule has 8 heteroatoms. The predicted octanol–water partition coefficient (Wildman–Crippen LogP) is 3.24. The maximum Gasteiger partial charge on any atom is 0.243 e. The van der Waals surface area contributed by atoms with Crippen LogP contribution in [0.3, 0.4) is 0 Å². The fraction of sp³-hybridized carbons (Fsp3) is 0.440. The van der Waals surface area contributed by atoms with Gasteiger partial charge >= 0.3 is 0 Å². The van der Waals surface area contributed by atoms with Gasteiger partial charge in [-0.15, -0.1) is 0 Å². The molecule has 1 fully saturated rings.